The van der Waals surface area contributed by atoms with E-state index in [0.717, 1.165) is 18.5 Å². The quantitative estimate of drug-likeness (QED) is 0.457. The first kappa shape index (κ1) is 14.5. The number of hydrogen-bond acceptors (Lipinski definition) is 6. The average molecular weight is 299 g/mol. The molecule has 8 nitrogen and oxygen atoms in total. The number of aromatic nitrogens is 1. The van der Waals surface area contributed by atoms with Crippen LogP contribution in [-0.4, -0.2) is 42.0 Å². The number of carbonyl (C=O) groups excluding carboxylic acids is 1. The molecule has 0 amide bonds. The van der Waals surface area contributed by atoms with E-state index in [4.69, 9.17) is 0 Å². The Balaban J connectivity index is 2.18. The van der Waals surface area contributed by atoms with Gasteiger partial charge in [0.15, 0.2) is 6.20 Å². The second-order valence-corrected chi connectivity index (χ2v) is 6.42. The summed E-state index contributed by atoms with van der Waals surface area (Å²) in [6, 6.07) is 2.23. The highest BCUT2D eigenvalue weighted by Gasteiger charge is 2.30. The monoisotopic (exact) mass is 299 g/mol. The van der Waals surface area contributed by atoms with Crippen molar-refractivity contribution in [1.29, 1.82) is 0 Å². The molecule has 1 saturated heterocycles. The number of piperidine rings is 1. The third-order valence-electron chi connectivity index (χ3n) is 3.24. The van der Waals surface area contributed by atoms with E-state index in [0.29, 0.717) is 12.8 Å². The molecule has 1 aromatic heterocycles. The summed E-state index contributed by atoms with van der Waals surface area (Å²) < 4.78 is 25.9. The number of sulfonamides is 1. The van der Waals surface area contributed by atoms with Crippen molar-refractivity contribution in [1.82, 2.24) is 9.29 Å². The van der Waals surface area contributed by atoms with Gasteiger partial charge in [-0.2, -0.15) is 4.31 Å². The van der Waals surface area contributed by atoms with Crippen LogP contribution >= 0.6 is 0 Å². The molecule has 0 aliphatic carbocycles. The Bertz CT molecular complexity index is 605. The molecule has 1 aliphatic rings. The third-order valence-corrected chi connectivity index (χ3v) is 5.12. The maximum absolute atomic E-state index is 12.3. The molecule has 20 heavy (non-hydrogen) atoms. The van der Waals surface area contributed by atoms with Crippen LogP contribution in [-0.2, 0) is 14.8 Å². The van der Waals surface area contributed by atoms with E-state index in [1.54, 1.807) is 0 Å². The zero-order chi connectivity index (χ0) is 14.8. The highest BCUT2D eigenvalue weighted by Crippen LogP contribution is 2.23. The zero-order valence-corrected chi connectivity index (χ0v) is 11.3. The zero-order valence-electron chi connectivity index (χ0n) is 10.5. The van der Waals surface area contributed by atoms with E-state index in [9.17, 15) is 23.3 Å². The van der Waals surface area contributed by atoms with Crippen LogP contribution < -0.4 is 0 Å². The lowest BCUT2D eigenvalue weighted by Gasteiger charge is -2.28. The van der Waals surface area contributed by atoms with E-state index in [1.165, 1.54) is 10.4 Å². The van der Waals surface area contributed by atoms with Gasteiger partial charge in [0.05, 0.1) is 0 Å². The minimum atomic E-state index is -3.70. The highest BCUT2D eigenvalue weighted by atomic mass is 32.2. The summed E-state index contributed by atoms with van der Waals surface area (Å²) in [7, 11) is -3.70. The third kappa shape index (κ3) is 2.83. The second kappa shape index (κ2) is 5.63. The Morgan fingerprint density at radius 3 is 2.45 bits per heavy atom. The number of pyridine rings is 1. The molecule has 1 aliphatic heterocycles. The number of aldehydes is 1. The van der Waals surface area contributed by atoms with Crippen LogP contribution in [0.4, 0.5) is 5.82 Å². The van der Waals surface area contributed by atoms with E-state index in [2.05, 4.69) is 4.98 Å². The molecular formula is C11H13N3O5S. The van der Waals surface area contributed by atoms with E-state index >= 15 is 0 Å². The topological polar surface area (TPSA) is 110 Å². The van der Waals surface area contributed by atoms with E-state index in [-0.39, 0.29) is 23.9 Å². The first-order chi connectivity index (χ1) is 9.45. The first-order valence-corrected chi connectivity index (χ1v) is 7.45. The van der Waals surface area contributed by atoms with Crippen LogP contribution in [0.2, 0.25) is 0 Å². The number of hydrogen-bond donors (Lipinski definition) is 0. The van der Waals surface area contributed by atoms with Crippen LogP contribution in [0.15, 0.2) is 23.2 Å². The second-order valence-electron chi connectivity index (χ2n) is 4.49. The molecule has 2 rings (SSSR count). The SMILES string of the molecule is O=CC1CCN(S(=O)(=O)c2ccc([N+](=O)[O-])nc2)CC1. The average Bonchev–Trinajstić information content (AvgIpc) is 2.47. The van der Waals surface area contributed by atoms with Gasteiger partial charge in [-0.05, 0) is 28.8 Å². The van der Waals surface area contributed by atoms with Crippen LogP contribution in [0.5, 0.6) is 0 Å². The predicted molar refractivity (Wildman–Crippen MR) is 68.4 cm³/mol. The smallest absolute Gasteiger partial charge is 0.358 e. The van der Waals surface area contributed by atoms with Crippen LogP contribution in [0.25, 0.3) is 0 Å². The van der Waals surface area contributed by atoms with Gasteiger partial charge >= 0.3 is 5.82 Å². The van der Waals surface area contributed by atoms with Crippen molar-refractivity contribution in [2.75, 3.05) is 13.1 Å². The van der Waals surface area contributed by atoms with Gasteiger partial charge in [0.1, 0.15) is 11.2 Å². The van der Waals surface area contributed by atoms with Gasteiger partial charge in [0.2, 0.25) is 10.0 Å². The van der Waals surface area contributed by atoms with Gasteiger partial charge in [-0.1, -0.05) is 0 Å². The van der Waals surface area contributed by atoms with Crippen molar-refractivity contribution >= 4 is 22.1 Å². The summed E-state index contributed by atoms with van der Waals surface area (Å²) >= 11 is 0. The molecule has 0 N–H and O–H groups in total. The van der Waals surface area contributed by atoms with Crippen molar-refractivity contribution in [2.45, 2.75) is 17.7 Å². The molecule has 1 aromatic rings. The van der Waals surface area contributed by atoms with E-state index in [1.807, 2.05) is 0 Å². The van der Waals surface area contributed by atoms with Crippen molar-refractivity contribution in [3.8, 4) is 0 Å². The molecular weight excluding hydrogens is 286 g/mol. The lowest BCUT2D eigenvalue weighted by Crippen LogP contribution is -2.38. The van der Waals surface area contributed by atoms with Gasteiger partial charge in [-0.25, -0.2) is 8.42 Å². The van der Waals surface area contributed by atoms with Crippen LogP contribution in [0.1, 0.15) is 12.8 Å². The number of rotatable bonds is 4. The molecule has 0 aromatic carbocycles. The Morgan fingerprint density at radius 2 is 2.00 bits per heavy atom. The Hall–Kier alpha value is -1.87. The summed E-state index contributed by atoms with van der Waals surface area (Å²) in [4.78, 5) is 23.9. The first-order valence-electron chi connectivity index (χ1n) is 6.01. The summed E-state index contributed by atoms with van der Waals surface area (Å²) in [5.41, 5.74) is 0. The maximum atomic E-state index is 12.3. The molecule has 0 atom stereocenters. The number of nitro groups is 1. The van der Waals surface area contributed by atoms with Gasteiger partial charge in [0.25, 0.3) is 0 Å². The maximum Gasteiger partial charge on any atom is 0.363 e. The van der Waals surface area contributed by atoms with Gasteiger partial charge in [-0.3, -0.25) is 0 Å². The summed E-state index contributed by atoms with van der Waals surface area (Å²) in [6.45, 7) is 0.533. The van der Waals surface area contributed by atoms with Crippen LogP contribution in [0, 0.1) is 16.0 Å². The minimum Gasteiger partial charge on any atom is -0.358 e. The summed E-state index contributed by atoms with van der Waals surface area (Å²) in [6.07, 6.45) is 2.81. The lowest BCUT2D eigenvalue weighted by atomic mass is 10.0. The molecule has 0 radical (unpaired) electrons. The molecule has 0 unspecified atom stereocenters. The minimum absolute atomic E-state index is 0.0762. The normalized spacial score (nSPS) is 17.8. The van der Waals surface area contributed by atoms with Gasteiger partial charge < -0.3 is 14.9 Å². The number of nitrogens with zero attached hydrogens (tertiary/aromatic N) is 3. The highest BCUT2D eigenvalue weighted by molar-refractivity contribution is 7.89. The molecule has 0 bridgehead atoms. The summed E-state index contributed by atoms with van der Waals surface area (Å²) in [5, 5.41) is 10.5. The summed E-state index contributed by atoms with van der Waals surface area (Å²) in [5.74, 6) is -0.500. The predicted octanol–water partition coefficient (Wildman–Crippen LogP) is 0.589. The van der Waals surface area contributed by atoms with Crippen LogP contribution in [0.3, 0.4) is 0 Å². The lowest BCUT2D eigenvalue weighted by molar-refractivity contribution is -0.389. The molecule has 2 heterocycles. The van der Waals surface area contributed by atoms with Gasteiger partial charge in [-0.15, -0.1) is 0 Å². The molecule has 0 saturated carbocycles. The van der Waals surface area contributed by atoms with Gasteiger partial charge in [0, 0.05) is 25.1 Å². The fourth-order valence-corrected chi connectivity index (χ4v) is 3.45. The Labute approximate surface area is 115 Å². The fourth-order valence-electron chi connectivity index (χ4n) is 2.03. The Morgan fingerprint density at radius 1 is 1.35 bits per heavy atom. The van der Waals surface area contributed by atoms with E-state index < -0.39 is 20.8 Å². The van der Waals surface area contributed by atoms with Crippen molar-refractivity contribution in [2.24, 2.45) is 5.92 Å². The van der Waals surface area contributed by atoms with Crippen molar-refractivity contribution in [3.05, 3.63) is 28.4 Å². The Kier molecular flexibility index (Phi) is 4.09. The molecule has 108 valence electrons. The van der Waals surface area contributed by atoms with Crippen molar-refractivity contribution in [3.63, 3.8) is 0 Å². The standard InChI is InChI=1S/C11H13N3O5S/c15-8-9-3-5-13(6-4-9)20(18,19)10-1-2-11(12-7-10)14(16)17/h1-2,7-9H,3-6H2. The molecule has 9 heteroatoms. The largest absolute Gasteiger partial charge is 0.363 e. The molecule has 0 spiro atoms. The molecule has 1 fully saturated rings. The fraction of sp³-hybridized carbons (Fsp3) is 0.455. The van der Waals surface area contributed by atoms with Crippen molar-refractivity contribution < 1.29 is 18.1 Å². The number of carbonyl (C=O) groups is 1.